The van der Waals surface area contributed by atoms with E-state index < -0.39 is 6.10 Å². The van der Waals surface area contributed by atoms with Crippen LogP contribution in [-0.2, 0) is 19.1 Å². The molecule has 2 atom stereocenters. The average Bonchev–Trinajstić information content (AvgIpc) is 2.14. The third-order valence-electron chi connectivity index (χ3n) is 1.15. The van der Waals surface area contributed by atoms with Gasteiger partial charge >= 0.3 is 11.9 Å². The van der Waals surface area contributed by atoms with Gasteiger partial charge in [0, 0.05) is 13.8 Å². The molecule has 18 heavy (non-hydrogen) atoms. The van der Waals surface area contributed by atoms with Crippen molar-refractivity contribution in [3.8, 4) is 0 Å². The highest BCUT2D eigenvalue weighted by Gasteiger charge is 2.06. The predicted octanol–water partition coefficient (Wildman–Crippen LogP) is 0.0862. The Morgan fingerprint density at radius 2 is 1.50 bits per heavy atom. The number of carbonyl (C=O) groups is 2. The zero-order chi connectivity index (χ0) is 13.1. The van der Waals surface area contributed by atoms with Crippen molar-refractivity contribution in [2.45, 2.75) is 39.9 Å². The Labute approximate surface area is 122 Å². The summed E-state index contributed by atoms with van der Waals surface area (Å²) >= 11 is 0. The van der Waals surface area contributed by atoms with E-state index in [0.717, 1.165) is 0 Å². The number of aliphatic hydroxyl groups is 2. The van der Waals surface area contributed by atoms with Crippen LogP contribution in [0.2, 0.25) is 0 Å². The van der Waals surface area contributed by atoms with Gasteiger partial charge in [0.2, 0.25) is 0 Å². The molecule has 0 aromatic rings. The molecule has 0 aromatic carbocycles. The van der Waals surface area contributed by atoms with Crippen LogP contribution in [0.4, 0.5) is 0 Å². The van der Waals surface area contributed by atoms with Crippen molar-refractivity contribution < 1.29 is 29.3 Å². The molecular formula is C10H24O6S2. The van der Waals surface area contributed by atoms with E-state index in [1.807, 2.05) is 0 Å². The Balaban J connectivity index is -0.000000122. The van der Waals surface area contributed by atoms with Gasteiger partial charge in [-0.15, -0.1) is 0 Å². The van der Waals surface area contributed by atoms with Crippen molar-refractivity contribution in [3.63, 3.8) is 0 Å². The van der Waals surface area contributed by atoms with Gasteiger partial charge in [-0.3, -0.25) is 9.59 Å². The van der Waals surface area contributed by atoms with Gasteiger partial charge in [0.25, 0.3) is 0 Å². The Morgan fingerprint density at radius 3 is 1.72 bits per heavy atom. The van der Waals surface area contributed by atoms with Crippen molar-refractivity contribution in [1.29, 1.82) is 0 Å². The van der Waals surface area contributed by atoms with E-state index in [0.29, 0.717) is 0 Å². The van der Waals surface area contributed by atoms with Gasteiger partial charge in [0.1, 0.15) is 12.7 Å². The fourth-order valence-corrected chi connectivity index (χ4v) is 0.552. The second kappa shape index (κ2) is 16.6. The minimum atomic E-state index is -0.560. The predicted molar refractivity (Wildman–Crippen MR) is 77.4 cm³/mol. The van der Waals surface area contributed by atoms with Crippen LogP contribution in [0.3, 0.4) is 0 Å². The minimum Gasteiger partial charge on any atom is -0.462 e. The molecule has 0 amide bonds. The molecule has 0 unspecified atom stereocenters. The third-order valence-corrected chi connectivity index (χ3v) is 1.15. The Kier molecular flexibility index (Phi) is 24.1. The summed E-state index contributed by atoms with van der Waals surface area (Å²) < 4.78 is 9.27. The molecule has 8 heteroatoms. The maximum absolute atomic E-state index is 10.3. The normalized spacial score (nSPS) is 11.4. The summed E-state index contributed by atoms with van der Waals surface area (Å²) in [6.07, 6.45) is -0.925. The molecule has 0 aliphatic heterocycles. The van der Waals surface area contributed by atoms with Crippen molar-refractivity contribution in [1.82, 2.24) is 0 Å². The molecule has 0 spiro atoms. The molecule has 0 saturated carbocycles. The van der Waals surface area contributed by atoms with Gasteiger partial charge in [-0.25, -0.2) is 0 Å². The van der Waals surface area contributed by atoms with Crippen molar-refractivity contribution >= 4 is 38.9 Å². The van der Waals surface area contributed by atoms with Crippen LogP contribution in [-0.4, -0.2) is 47.6 Å². The molecule has 112 valence electrons. The van der Waals surface area contributed by atoms with E-state index in [9.17, 15) is 9.59 Å². The summed E-state index contributed by atoms with van der Waals surface area (Å²) in [5, 5.41) is 16.0. The van der Waals surface area contributed by atoms with Gasteiger partial charge in [0.15, 0.2) is 0 Å². The minimum absolute atomic E-state index is 0. The first kappa shape index (κ1) is 26.2. The highest BCUT2D eigenvalue weighted by atomic mass is 32.1. The molecule has 0 aromatic heterocycles. The molecule has 0 heterocycles. The average molecular weight is 304 g/mol. The SMILES string of the molecule is CC(=O)OC[C@H](C)OC(C)=O.C[C@H](O)CO.S.S. The van der Waals surface area contributed by atoms with E-state index in [-0.39, 0.29) is 58.2 Å². The number of aliphatic hydroxyl groups excluding tert-OH is 2. The van der Waals surface area contributed by atoms with E-state index in [4.69, 9.17) is 10.2 Å². The second-order valence-corrected chi connectivity index (χ2v) is 3.25. The standard InChI is InChI=1S/C7H12O4.C3H8O2.2H2S/c1-5(11-7(3)9)4-10-6(2)8;1-3(5)2-4;;/h5H,4H2,1-3H3;3-5H,2H2,1H3;2*1H2/t5-;3-;;/m00../s1. The van der Waals surface area contributed by atoms with Gasteiger partial charge < -0.3 is 19.7 Å². The lowest BCUT2D eigenvalue weighted by Crippen LogP contribution is -2.19. The summed E-state index contributed by atoms with van der Waals surface area (Å²) in [6, 6.07) is 0. The Morgan fingerprint density at radius 1 is 1.11 bits per heavy atom. The Hall–Kier alpha value is -0.440. The number of carbonyl (C=O) groups excluding carboxylic acids is 2. The lowest BCUT2D eigenvalue weighted by molar-refractivity contribution is -0.155. The second-order valence-electron chi connectivity index (χ2n) is 3.25. The fourth-order valence-electron chi connectivity index (χ4n) is 0.552. The number of esters is 2. The molecule has 0 bridgehead atoms. The van der Waals surface area contributed by atoms with E-state index in [1.54, 1.807) is 6.92 Å². The lowest BCUT2D eigenvalue weighted by Gasteiger charge is -2.10. The monoisotopic (exact) mass is 304 g/mol. The van der Waals surface area contributed by atoms with Gasteiger partial charge in [-0.05, 0) is 13.8 Å². The summed E-state index contributed by atoms with van der Waals surface area (Å²) in [5.41, 5.74) is 0. The van der Waals surface area contributed by atoms with Gasteiger partial charge in [-0.2, -0.15) is 27.0 Å². The molecule has 0 saturated heterocycles. The first-order valence-electron chi connectivity index (χ1n) is 4.89. The molecule has 0 aliphatic rings. The van der Waals surface area contributed by atoms with Gasteiger partial charge in [-0.1, -0.05) is 0 Å². The number of ether oxygens (including phenoxy) is 2. The smallest absolute Gasteiger partial charge is 0.303 e. The molecule has 0 radical (unpaired) electrons. The molecule has 0 aliphatic carbocycles. The maximum atomic E-state index is 10.3. The number of hydrogen-bond donors (Lipinski definition) is 2. The first-order chi connectivity index (χ1) is 7.29. The van der Waals surface area contributed by atoms with Crippen LogP contribution in [0.1, 0.15) is 27.7 Å². The van der Waals surface area contributed by atoms with Crippen LogP contribution in [0.5, 0.6) is 0 Å². The van der Waals surface area contributed by atoms with Crippen LogP contribution in [0, 0.1) is 0 Å². The van der Waals surface area contributed by atoms with E-state index in [1.165, 1.54) is 20.8 Å². The van der Waals surface area contributed by atoms with Crippen LogP contribution >= 0.6 is 27.0 Å². The Bertz CT molecular complexity index is 211. The number of hydrogen-bond acceptors (Lipinski definition) is 6. The van der Waals surface area contributed by atoms with E-state index >= 15 is 0 Å². The number of rotatable bonds is 4. The fraction of sp³-hybridized carbons (Fsp3) is 0.800. The van der Waals surface area contributed by atoms with Crippen molar-refractivity contribution in [3.05, 3.63) is 0 Å². The van der Waals surface area contributed by atoms with Crippen LogP contribution < -0.4 is 0 Å². The zero-order valence-electron chi connectivity index (χ0n) is 11.1. The van der Waals surface area contributed by atoms with Crippen LogP contribution in [0.25, 0.3) is 0 Å². The molecular weight excluding hydrogens is 280 g/mol. The summed E-state index contributed by atoms with van der Waals surface area (Å²) in [5.74, 6) is -0.742. The summed E-state index contributed by atoms with van der Waals surface area (Å²) in [6.45, 7) is 5.78. The maximum Gasteiger partial charge on any atom is 0.303 e. The van der Waals surface area contributed by atoms with Crippen molar-refractivity contribution in [2.24, 2.45) is 0 Å². The molecule has 0 rings (SSSR count). The first-order valence-corrected chi connectivity index (χ1v) is 4.89. The third kappa shape index (κ3) is 29.6. The largest absolute Gasteiger partial charge is 0.462 e. The quantitative estimate of drug-likeness (QED) is 0.715. The highest BCUT2D eigenvalue weighted by Crippen LogP contribution is 1.92. The molecule has 6 nitrogen and oxygen atoms in total. The van der Waals surface area contributed by atoms with Crippen LogP contribution in [0.15, 0.2) is 0 Å². The highest BCUT2D eigenvalue weighted by molar-refractivity contribution is 7.59. The summed E-state index contributed by atoms with van der Waals surface area (Å²) in [4.78, 5) is 20.6. The van der Waals surface area contributed by atoms with Crippen molar-refractivity contribution in [2.75, 3.05) is 13.2 Å². The van der Waals surface area contributed by atoms with E-state index in [2.05, 4.69) is 9.47 Å². The summed E-state index contributed by atoms with van der Waals surface area (Å²) in [7, 11) is 0. The topological polar surface area (TPSA) is 93.1 Å². The lowest BCUT2D eigenvalue weighted by atomic mass is 10.4. The molecule has 0 fully saturated rings. The van der Waals surface area contributed by atoms with Gasteiger partial charge in [0.05, 0.1) is 12.7 Å². The zero-order valence-corrected chi connectivity index (χ0v) is 13.1. The molecule has 2 N–H and O–H groups in total.